The van der Waals surface area contributed by atoms with Crippen LogP contribution in [0.5, 0.6) is 0 Å². The molecule has 4 nitrogen and oxygen atoms in total. The molecule has 0 aliphatic carbocycles. The predicted octanol–water partition coefficient (Wildman–Crippen LogP) is -1.00. The molecule has 0 bridgehead atoms. The Kier molecular flexibility index (Phi) is 25.0. The Balaban J connectivity index is 0. The molecule has 0 fully saturated rings. The summed E-state index contributed by atoms with van der Waals surface area (Å²) in [4.78, 5) is 9.18. The highest BCUT2D eigenvalue weighted by Crippen LogP contribution is 1.55. The third kappa shape index (κ3) is 32.1. The summed E-state index contributed by atoms with van der Waals surface area (Å²) in [5, 5.41) is 0. The van der Waals surface area contributed by atoms with Crippen LogP contribution in [0.4, 0.5) is 0 Å². The van der Waals surface area contributed by atoms with Gasteiger partial charge in [-0.2, -0.15) is 0 Å². The summed E-state index contributed by atoms with van der Waals surface area (Å²) < 4.78 is 4.15. The van der Waals surface area contributed by atoms with E-state index >= 15 is 0 Å². The van der Waals surface area contributed by atoms with Crippen LogP contribution < -0.4 is 11.7 Å². The number of ether oxygens (including phenoxy) is 1. The van der Waals surface area contributed by atoms with Crippen molar-refractivity contribution >= 4 is 6.47 Å². The van der Waals surface area contributed by atoms with Crippen LogP contribution in [0.1, 0.15) is 6.92 Å². The Hall–Kier alpha value is -0.610. The minimum Gasteiger partial charge on any atom is -0.468 e. The lowest BCUT2D eigenvalue weighted by Gasteiger charge is -1.79. The van der Waals surface area contributed by atoms with Crippen LogP contribution in [0.15, 0.2) is 0 Å². The Morgan fingerprint density at radius 2 is 2.14 bits per heavy atom. The van der Waals surface area contributed by atoms with Gasteiger partial charge in [0.1, 0.15) is 0 Å². The van der Waals surface area contributed by atoms with Gasteiger partial charge in [0.2, 0.25) is 0 Å². The first-order valence-corrected chi connectivity index (χ1v) is 1.80. The van der Waals surface area contributed by atoms with Gasteiger partial charge in [-0.1, -0.05) is 0 Å². The SMILES string of the molecule is CCOC=O.NN. The van der Waals surface area contributed by atoms with Gasteiger partial charge in [0.25, 0.3) is 6.47 Å². The minimum absolute atomic E-state index is 0.431. The molecule has 0 aromatic rings. The molecule has 0 aliphatic heterocycles. The second kappa shape index (κ2) is 18.2. The largest absolute Gasteiger partial charge is 0.468 e. The van der Waals surface area contributed by atoms with Crippen molar-refractivity contribution in [2.24, 2.45) is 11.7 Å². The number of nitrogens with two attached hydrogens (primary N) is 2. The van der Waals surface area contributed by atoms with Crippen LogP contribution in [-0.2, 0) is 9.53 Å². The summed E-state index contributed by atoms with van der Waals surface area (Å²) in [6.07, 6.45) is 0. The monoisotopic (exact) mass is 106 g/mol. The van der Waals surface area contributed by atoms with Gasteiger partial charge in [-0.15, -0.1) is 0 Å². The first-order chi connectivity index (χ1) is 3.41. The lowest BCUT2D eigenvalue weighted by molar-refractivity contribution is -0.128. The van der Waals surface area contributed by atoms with Gasteiger partial charge in [0.05, 0.1) is 6.61 Å². The Morgan fingerprint density at radius 1 is 1.71 bits per heavy atom. The summed E-state index contributed by atoms with van der Waals surface area (Å²) in [5.74, 6) is 8.00. The van der Waals surface area contributed by atoms with Crippen molar-refractivity contribution in [3.8, 4) is 0 Å². The highest BCUT2D eigenvalue weighted by atomic mass is 16.5. The highest BCUT2D eigenvalue weighted by molar-refractivity contribution is 5.36. The van der Waals surface area contributed by atoms with E-state index in [0.29, 0.717) is 13.1 Å². The lowest BCUT2D eigenvalue weighted by atomic mass is 10.9. The van der Waals surface area contributed by atoms with E-state index in [1.54, 1.807) is 6.92 Å². The van der Waals surface area contributed by atoms with Crippen LogP contribution in [-0.4, -0.2) is 13.1 Å². The van der Waals surface area contributed by atoms with Crippen molar-refractivity contribution < 1.29 is 9.53 Å². The minimum atomic E-state index is 0.431. The molecular formula is C3H10N2O2. The second-order valence-corrected chi connectivity index (χ2v) is 0.552. The summed E-state index contributed by atoms with van der Waals surface area (Å²) >= 11 is 0. The van der Waals surface area contributed by atoms with Crippen LogP contribution in [0.2, 0.25) is 0 Å². The van der Waals surface area contributed by atoms with Crippen molar-refractivity contribution in [3.63, 3.8) is 0 Å². The lowest BCUT2D eigenvalue weighted by Crippen LogP contribution is -2.02. The Bertz CT molecular complexity index is 32.1. The Labute approximate surface area is 42.4 Å². The van der Waals surface area contributed by atoms with E-state index in [1.165, 1.54) is 0 Å². The number of carbonyl (C=O) groups excluding carboxylic acids is 1. The quantitative estimate of drug-likeness (QED) is 0.269. The molecule has 4 heteroatoms. The third-order valence-corrected chi connectivity index (χ3v) is 0.235. The molecule has 0 aromatic carbocycles. The highest BCUT2D eigenvalue weighted by Gasteiger charge is 1.60. The molecule has 0 aromatic heterocycles. The standard InChI is InChI=1S/C3H6O2.H4N2/c1-2-5-3-4;1-2/h3H,2H2,1H3;1-2H2. The molecule has 0 amide bonds. The van der Waals surface area contributed by atoms with Crippen molar-refractivity contribution in [2.45, 2.75) is 6.92 Å². The third-order valence-electron chi connectivity index (χ3n) is 0.235. The molecule has 0 unspecified atom stereocenters. The zero-order valence-electron chi connectivity index (χ0n) is 4.26. The summed E-state index contributed by atoms with van der Waals surface area (Å²) in [6.45, 7) is 2.66. The fraction of sp³-hybridized carbons (Fsp3) is 0.667. The van der Waals surface area contributed by atoms with Crippen molar-refractivity contribution in [1.29, 1.82) is 0 Å². The second-order valence-electron chi connectivity index (χ2n) is 0.552. The summed E-state index contributed by atoms with van der Waals surface area (Å²) in [7, 11) is 0. The van der Waals surface area contributed by atoms with Gasteiger partial charge in [-0.3, -0.25) is 16.5 Å². The topological polar surface area (TPSA) is 78.3 Å². The van der Waals surface area contributed by atoms with Crippen molar-refractivity contribution in [3.05, 3.63) is 0 Å². The normalized spacial score (nSPS) is 5.57. The molecule has 0 radical (unpaired) electrons. The molecule has 4 N–H and O–H groups in total. The van der Waals surface area contributed by atoms with Gasteiger partial charge < -0.3 is 4.74 Å². The molecule has 7 heavy (non-hydrogen) atoms. The van der Waals surface area contributed by atoms with E-state index < -0.39 is 0 Å². The molecule has 0 aliphatic rings. The van der Waals surface area contributed by atoms with Crippen molar-refractivity contribution in [1.82, 2.24) is 0 Å². The molecule has 0 saturated heterocycles. The van der Waals surface area contributed by atoms with Gasteiger partial charge in [-0.05, 0) is 6.92 Å². The van der Waals surface area contributed by atoms with E-state index in [0.717, 1.165) is 0 Å². The zero-order valence-corrected chi connectivity index (χ0v) is 4.26. The van der Waals surface area contributed by atoms with Gasteiger partial charge in [0.15, 0.2) is 0 Å². The van der Waals surface area contributed by atoms with Crippen LogP contribution in [0.3, 0.4) is 0 Å². The van der Waals surface area contributed by atoms with E-state index in [-0.39, 0.29) is 0 Å². The van der Waals surface area contributed by atoms with E-state index in [1.807, 2.05) is 0 Å². The molecule has 0 atom stereocenters. The fourth-order valence-corrected chi connectivity index (χ4v) is 0.0680. The maximum absolute atomic E-state index is 9.18. The number of hydrogen-bond acceptors (Lipinski definition) is 4. The number of hydrazine groups is 1. The van der Waals surface area contributed by atoms with Crippen molar-refractivity contribution in [2.75, 3.05) is 6.61 Å². The van der Waals surface area contributed by atoms with Crippen LogP contribution in [0, 0.1) is 0 Å². The summed E-state index contributed by atoms with van der Waals surface area (Å²) in [5.41, 5.74) is 0. The average molecular weight is 106 g/mol. The maximum Gasteiger partial charge on any atom is 0.293 e. The maximum atomic E-state index is 9.18. The average Bonchev–Trinajstić information content (AvgIpc) is 1.75. The molecule has 0 heterocycles. The van der Waals surface area contributed by atoms with Gasteiger partial charge >= 0.3 is 0 Å². The smallest absolute Gasteiger partial charge is 0.293 e. The van der Waals surface area contributed by atoms with E-state index in [2.05, 4.69) is 16.4 Å². The number of hydrogen-bond donors (Lipinski definition) is 2. The molecule has 44 valence electrons. The first-order valence-electron chi connectivity index (χ1n) is 1.80. The Morgan fingerprint density at radius 3 is 2.14 bits per heavy atom. The molecule has 0 spiro atoms. The fourth-order valence-electron chi connectivity index (χ4n) is 0.0680. The van der Waals surface area contributed by atoms with Crippen LogP contribution in [0.25, 0.3) is 0 Å². The van der Waals surface area contributed by atoms with E-state index in [4.69, 9.17) is 0 Å². The van der Waals surface area contributed by atoms with Gasteiger partial charge in [0, 0.05) is 0 Å². The van der Waals surface area contributed by atoms with Crippen LogP contribution >= 0.6 is 0 Å². The molecular weight excluding hydrogens is 96.0 g/mol. The first kappa shape index (κ1) is 9.63. The number of rotatable bonds is 2. The van der Waals surface area contributed by atoms with E-state index in [9.17, 15) is 4.79 Å². The summed E-state index contributed by atoms with van der Waals surface area (Å²) in [6, 6.07) is 0. The zero-order chi connectivity index (χ0) is 6.12. The predicted molar refractivity (Wildman–Crippen MR) is 26.1 cm³/mol. The molecule has 0 saturated carbocycles. The van der Waals surface area contributed by atoms with Gasteiger partial charge in [-0.25, -0.2) is 0 Å². The number of carbonyl (C=O) groups is 1. The molecule has 0 rings (SSSR count).